The lowest BCUT2D eigenvalue weighted by Gasteiger charge is -2.45. The summed E-state index contributed by atoms with van der Waals surface area (Å²) in [6.07, 6.45) is 10.8. The summed E-state index contributed by atoms with van der Waals surface area (Å²) in [5.41, 5.74) is 0. The van der Waals surface area contributed by atoms with Gasteiger partial charge in [-0.05, 0) is 80.9 Å². The van der Waals surface area contributed by atoms with Crippen LogP contribution in [-0.2, 0) is 47.6 Å². The number of ether oxygens (including phenoxy) is 5. The average Bonchev–Trinajstić information content (AvgIpc) is 3.31. The highest BCUT2D eigenvalue weighted by molar-refractivity contribution is 7.80. The molecule has 0 aromatic heterocycles. The molecule has 1 amide bonds. The minimum atomic E-state index is -5.19. The quantitative estimate of drug-likeness (QED) is 0.0248. The molecule has 2 aromatic rings. The molecule has 3 rings (SSSR count). The third-order valence-corrected chi connectivity index (χ3v) is 18.3. The van der Waals surface area contributed by atoms with E-state index in [-0.39, 0.29) is 30.9 Å². The number of rotatable bonds is 38. The van der Waals surface area contributed by atoms with Crippen molar-refractivity contribution < 1.29 is 64.8 Å². The van der Waals surface area contributed by atoms with Gasteiger partial charge in [-0.1, -0.05) is 154 Å². The van der Waals surface area contributed by atoms with Crippen molar-refractivity contribution in [2.75, 3.05) is 19.8 Å². The van der Waals surface area contributed by atoms with Gasteiger partial charge in [-0.15, -0.1) is 0 Å². The summed E-state index contributed by atoms with van der Waals surface area (Å²) >= 11 is 0. The Labute approximate surface area is 427 Å². The van der Waals surface area contributed by atoms with Gasteiger partial charge in [-0.25, -0.2) is 4.18 Å². The Hall–Kier alpha value is -3.58. The van der Waals surface area contributed by atoms with Crippen molar-refractivity contribution in [3.8, 4) is 11.5 Å². The van der Waals surface area contributed by atoms with E-state index in [0.717, 1.165) is 88.5 Å². The summed E-state index contributed by atoms with van der Waals surface area (Å²) in [5, 5.41) is 14.0. The first-order valence-corrected chi connectivity index (χ1v) is 30.8. The van der Waals surface area contributed by atoms with Crippen molar-refractivity contribution in [3.63, 3.8) is 0 Å². The fraction of sp³-hybridized carbons (Fsp3) is 0.722. The molecule has 0 saturated carbocycles. The lowest BCUT2D eigenvalue weighted by molar-refractivity contribution is -0.253. The third kappa shape index (κ3) is 26.8. The minimum Gasteiger partial charge on any atom is -0.494 e. The number of para-hydroxylation sites is 2. The molecule has 0 aliphatic carbocycles. The maximum atomic E-state index is 14.0. The number of esters is 2. The average molecular weight is 1040 g/mol. The van der Waals surface area contributed by atoms with Gasteiger partial charge in [0.1, 0.15) is 35.9 Å². The van der Waals surface area contributed by atoms with Crippen molar-refractivity contribution in [1.29, 1.82) is 0 Å². The van der Waals surface area contributed by atoms with Crippen LogP contribution in [0.4, 0.5) is 0 Å². The van der Waals surface area contributed by atoms with Gasteiger partial charge in [0.25, 0.3) is 0 Å². The van der Waals surface area contributed by atoms with Gasteiger partial charge in [0.15, 0.2) is 20.7 Å². The molecule has 1 aliphatic rings. The van der Waals surface area contributed by atoms with Gasteiger partial charge < -0.3 is 38.5 Å². The molecule has 0 spiro atoms. The highest BCUT2D eigenvalue weighted by atomic mass is 32.3. The Balaban J connectivity index is 1.68. The van der Waals surface area contributed by atoms with Crippen LogP contribution in [0.2, 0.25) is 18.1 Å². The number of benzene rings is 2. The third-order valence-electron chi connectivity index (χ3n) is 13.3. The summed E-state index contributed by atoms with van der Waals surface area (Å²) < 4.78 is 75.7. The molecular weight excluding hydrogens is 947 g/mol. The lowest BCUT2D eigenvalue weighted by Crippen LogP contribution is -2.66. The van der Waals surface area contributed by atoms with E-state index >= 15 is 0 Å². The van der Waals surface area contributed by atoms with Crippen LogP contribution in [0.1, 0.15) is 175 Å². The largest absolute Gasteiger partial charge is 0.494 e. The molecule has 404 valence electrons. The van der Waals surface area contributed by atoms with Crippen LogP contribution in [-0.4, -0.2) is 101 Å². The minimum absolute atomic E-state index is 0.0438. The highest BCUT2D eigenvalue weighted by Gasteiger charge is 2.52. The van der Waals surface area contributed by atoms with Crippen molar-refractivity contribution in [1.82, 2.24) is 5.32 Å². The van der Waals surface area contributed by atoms with E-state index < -0.39 is 73.3 Å². The van der Waals surface area contributed by atoms with Crippen LogP contribution in [0.25, 0.3) is 0 Å². The Kier molecular flexibility index (Phi) is 29.6. The van der Waals surface area contributed by atoms with Gasteiger partial charge in [0.2, 0.25) is 5.91 Å². The van der Waals surface area contributed by atoms with Crippen LogP contribution in [0.5, 0.6) is 11.5 Å². The van der Waals surface area contributed by atoms with Gasteiger partial charge in [0.05, 0.1) is 26.2 Å². The Bertz CT molecular complexity index is 1870. The monoisotopic (exact) mass is 1040 g/mol. The van der Waals surface area contributed by atoms with Crippen LogP contribution >= 0.6 is 0 Å². The Morgan fingerprint density at radius 1 is 0.690 bits per heavy atom. The van der Waals surface area contributed by atoms with E-state index in [2.05, 4.69) is 12.2 Å². The second kappa shape index (κ2) is 34.0. The molecule has 3 N–H and O–H groups in total. The first-order chi connectivity index (χ1) is 33.9. The first kappa shape index (κ1) is 61.7. The van der Waals surface area contributed by atoms with Crippen molar-refractivity contribution in [2.24, 2.45) is 0 Å². The number of carbonyl (C=O) groups excluding carboxylic acids is 3. The summed E-state index contributed by atoms with van der Waals surface area (Å²) in [4.78, 5) is 40.8. The predicted molar refractivity (Wildman–Crippen MR) is 278 cm³/mol. The molecule has 1 unspecified atom stereocenters. The molecule has 2 aromatic carbocycles. The Morgan fingerprint density at radius 3 is 1.68 bits per heavy atom. The summed E-state index contributed by atoms with van der Waals surface area (Å²) in [5.74, 6) is -0.136. The zero-order valence-electron chi connectivity index (χ0n) is 43.8. The van der Waals surface area contributed by atoms with Gasteiger partial charge >= 0.3 is 22.3 Å². The molecule has 0 radical (unpaired) electrons. The molecule has 0 bridgehead atoms. The number of amides is 1. The number of hydrogen-bond acceptors (Lipinski definition) is 13. The van der Waals surface area contributed by atoms with E-state index in [1.165, 1.54) is 25.7 Å². The standard InChI is InChI=1S/C54H89NO14SSi/c1-7-8-9-10-11-12-13-16-23-36-45(66-48(57)37-28-17-14-19-30-39-63-43-32-24-21-25-33-43)41-47(56)55-50-52(68-49(58)38-29-18-15-20-31-40-64-44-34-26-22-27-35-44)51(69-70(60,61)62)46(67-53(50)59)42-65-71(5,6)54(2,3)4/h21-22,24-27,32-35,45-46,50-53,59H,7-20,23,28-31,36-42H2,1-6H3,(H,55,56)(H,60,61,62)/t45-,46+,50+,51+,52+,53?/m0/s1. The van der Waals surface area contributed by atoms with Crippen LogP contribution in [0, 0.1) is 0 Å². The highest BCUT2D eigenvalue weighted by Crippen LogP contribution is 2.38. The number of hydrogen-bond donors (Lipinski definition) is 3. The SMILES string of the molecule is CCCCCCCCCCC[C@@H](CC(=O)N[C@H]1C(O)O[C@H](CO[Si](C)(C)C(C)(C)C)[C@@H](OS(=O)(=O)O)[C@@H]1OC(=O)CCCCCCCOc1ccccc1)OC(=O)CCCCCCCOc1ccccc1. The topological polar surface area (TPSA) is 202 Å². The fourth-order valence-electron chi connectivity index (χ4n) is 8.12. The zero-order chi connectivity index (χ0) is 52.0. The number of nitrogens with one attached hydrogen (secondary N) is 1. The summed E-state index contributed by atoms with van der Waals surface area (Å²) in [6, 6.07) is 17.7. The van der Waals surface area contributed by atoms with E-state index in [4.69, 9.17) is 32.3 Å². The smallest absolute Gasteiger partial charge is 0.397 e. The normalized spacial score (nSPS) is 18.9. The summed E-state index contributed by atoms with van der Waals surface area (Å²) in [7, 11) is -7.69. The van der Waals surface area contributed by atoms with Crippen LogP contribution in [0.3, 0.4) is 0 Å². The maximum Gasteiger partial charge on any atom is 0.397 e. The second-order valence-electron chi connectivity index (χ2n) is 20.5. The van der Waals surface area contributed by atoms with E-state index in [1.807, 2.05) is 94.5 Å². The fourth-order valence-corrected chi connectivity index (χ4v) is 9.65. The Morgan fingerprint density at radius 2 is 1.17 bits per heavy atom. The molecule has 1 fully saturated rings. The molecular formula is C54H89NO14SSi. The number of aliphatic hydroxyl groups excluding tert-OH is 1. The maximum absolute atomic E-state index is 14.0. The predicted octanol–water partition coefficient (Wildman–Crippen LogP) is 11.4. The number of unbranched alkanes of at least 4 members (excludes halogenated alkanes) is 16. The van der Waals surface area contributed by atoms with Gasteiger partial charge in [0, 0.05) is 12.8 Å². The molecule has 71 heavy (non-hydrogen) atoms. The second-order valence-corrected chi connectivity index (χ2v) is 26.3. The molecule has 15 nitrogen and oxygen atoms in total. The van der Waals surface area contributed by atoms with E-state index in [9.17, 15) is 32.5 Å². The lowest BCUT2D eigenvalue weighted by atomic mass is 9.96. The van der Waals surface area contributed by atoms with Crippen molar-refractivity contribution >= 4 is 36.6 Å². The van der Waals surface area contributed by atoms with E-state index in [0.29, 0.717) is 38.9 Å². The molecule has 17 heteroatoms. The van der Waals surface area contributed by atoms with Crippen molar-refractivity contribution in [2.45, 2.75) is 230 Å². The van der Waals surface area contributed by atoms with Crippen molar-refractivity contribution in [3.05, 3.63) is 60.7 Å². The molecule has 6 atom stereocenters. The molecule has 1 aliphatic heterocycles. The zero-order valence-corrected chi connectivity index (χ0v) is 45.6. The molecule has 1 heterocycles. The molecule has 1 saturated heterocycles. The van der Waals surface area contributed by atoms with Crippen LogP contribution < -0.4 is 14.8 Å². The van der Waals surface area contributed by atoms with Gasteiger partial charge in [-0.3, -0.25) is 18.9 Å². The summed E-state index contributed by atoms with van der Waals surface area (Å²) in [6.45, 7) is 13.1. The first-order valence-electron chi connectivity index (χ1n) is 26.6. The van der Waals surface area contributed by atoms with Crippen LogP contribution in [0.15, 0.2) is 60.7 Å². The van der Waals surface area contributed by atoms with E-state index in [1.54, 1.807) is 0 Å². The van der Waals surface area contributed by atoms with Gasteiger partial charge in [-0.2, -0.15) is 8.42 Å². The number of carbonyl (C=O) groups is 3. The number of aliphatic hydroxyl groups is 1.